The lowest BCUT2D eigenvalue weighted by molar-refractivity contribution is -0.143. The summed E-state index contributed by atoms with van der Waals surface area (Å²) in [6, 6.07) is 0. The van der Waals surface area contributed by atoms with E-state index in [-0.39, 0.29) is 12.5 Å². The van der Waals surface area contributed by atoms with E-state index in [1.165, 1.54) is 6.42 Å². The van der Waals surface area contributed by atoms with Gasteiger partial charge in [-0.3, -0.25) is 4.79 Å². The molecule has 6 atom stereocenters. The molecule has 5 heteroatoms. The van der Waals surface area contributed by atoms with Crippen molar-refractivity contribution in [1.29, 1.82) is 0 Å². The Balaban J connectivity index is 1.79. The number of aldehydes is 2. The molecule has 0 amide bonds. The second-order valence-electron chi connectivity index (χ2n) is 6.84. The van der Waals surface area contributed by atoms with E-state index >= 15 is 0 Å². The van der Waals surface area contributed by atoms with Gasteiger partial charge < -0.3 is 19.4 Å². The topological polar surface area (TPSA) is 80.7 Å². The van der Waals surface area contributed by atoms with Crippen molar-refractivity contribution in [3.05, 3.63) is 0 Å². The van der Waals surface area contributed by atoms with Crippen molar-refractivity contribution in [1.82, 2.24) is 0 Å². The predicted molar refractivity (Wildman–Crippen MR) is 69.0 cm³/mol. The van der Waals surface area contributed by atoms with Crippen molar-refractivity contribution in [3.8, 4) is 0 Å². The van der Waals surface area contributed by atoms with Crippen LogP contribution >= 0.6 is 0 Å². The Kier molecular flexibility index (Phi) is 3.01. The van der Waals surface area contributed by atoms with Crippen molar-refractivity contribution in [3.63, 3.8) is 0 Å². The first-order chi connectivity index (χ1) is 9.46. The summed E-state index contributed by atoms with van der Waals surface area (Å²) in [5, 5.41) is 9.01. The fraction of sp³-hybridized carbons (Fsp3) is 0.800. The molecule has 0 aliphatic heterocycles. The van der Waals surface area contributed by atoms with Crippen LogP contribution in [0, 0.1) is 23.2 Å². The Morgan fingerprint density at radius 1 is 1.35 bits per heavy atom. The maximum absolute atomic E-state index is 11.6. The van der Waals surface area contributed by atoms with E-state index in [1.807, 2.05) is 0 Å². The molecule has 0 spiro atoms. The number of rotatable bonds is 6. The van der Waals surface area contributed by atoms with Crippen molar-refractivity contribution >= 4 is 18.5 Å². The number of carboxylic acids is 1. The van der Waals surface area contributed by atoms with Crippen molar-refractivity contribution in [2.75, 3.05) is 0 Å². The zero-order chi connectivity index (χ0) is 14.5. The Morgan fingerprint density at radius 3 is 2.55 bits per heavy atom. The fourth-order valence-corrected chi connectivity index (χ4v) is 4.55. The van der Waals surface area contributed by atoms with Crippen molar-refractivity contribution in [2.45, 2.75) is 50.7 Å². The highest BCUT2D eigenvalue weighted by atomic mass is 16.5. The summed E-state index contributed by atoms with van der Waals surface area (Å²) < 4.78 is 6.05. The molecule has 0 aromatic carbocycles. The van der Waals surface area contributed by atoms with Gasteiger partial charge in [-0.25, -0.2) is 0 Å². The lowest BCUT2D eigenvalue weighted by Gasteiger charge is -2.27. The predicted octanol–water partition coefficient (Wildman–Crippen LogP) is 1.44. The number of carboxylic acid groups (broad SMARTS) is 1. The molecule has 6 unspecified atom stereocenters. The summed E-state index contributed by atoms with van der Waals surface area (Å²) in [6.07, 6.45) is 5.57. The molecule has 3 aliphatic carbocycles. The first-order valence-electron chi connectivity index (χ1n) is 7.28. The molecule has 3 saturated carbocycles. The molecule has 0 aromatic rings. The molecule has 20 heavy (non-hydrogen) atoms. The maximum Gasteiger partial charge on any atom is 0.304 e. The van der Waals surface area contributed by atoms with Gasteiger partial charge in [-0.05, 0) is 37.5 Å². The number of carbonyl (C=O) groups excluding carboxylic acids is 2. The zero-order valence-electron chi connectivity index (χ0n) is 11.6. The van der Waals surface area contributed by atoms with Crippen LogP contribution in [-0.4, -0.2) is 35.4 Å². The maximum atomic E-state index is 11.6. The third-order valence-corrected chi connectivity index (χ3v) is 5.81. The van der Waals surface area contributed by atoms with Gasteiger partial charge >= 0.3 is 5.97 Å². The second kappa shape index (κ2) is 4.38. The van der Waals surface area contributed by atoms with Crippen molar-refractivity contribution in [2.24, 2.45) is 23.2 Å². The zero-order valence-corrected chi connectivity index (χ0v) is 11.6. The number of ether oxygens (including phenoxy) is 1. The Labute approximate surface area is 117 Å². The molecule has 2 bridgehead atoms. The lowest BCUT2D eigenvalue weighted by atomic mass is 9.96. The van der Waals surface area contributed by atoms with Crippen LogP contribution in [0.15, 0.2) is 0 Å². The fourth-order valence-electron chi connectivity index (χ4n) is 4.55. The van der Waals surface area contributed by atoms with E-state index < -0.39 is 22.9 Å². The lowest BCUT2D eigenvalue weighted by Crippen LogP contribution is -2.34. The third kappa shape index (κ3) is 1.68. The van der Waals surface area contributed by atoms with Crippen LogP contribution in [0.3, 0.4) is 0 Å². The van der Waals surface area contributed by atoms with Gasteiger partial charge in [0.15, 0.2) is 6.29 Å². The quantitative estimate of drug-likeness (QED) is 0.745. The van der Waals surface area contributed by atoms with Crippen LogP contribution in [-0.2, 0) is 19.1 Å². The Morgan fingerprint density at radius 2 is 2.10 bits per heavy atom. The molecule has 0 saturated heterocycles. The molecule has 5 nitrogen and oxygen atoms in total. The molecule has 3 fully saturated rings. The van der Waals surface area contributed by atoms with Crippen LogP contribution < -0.4 is 0 Å². The summed E-state index contributed by atoms with van der Waals surface area (Å²) in [6.45, 7) is 1.67. The van der Waals surface area contributed by atoms with Crippen LogP contribution in [0.25, 0.3) is 0 Å². The Hall–Kier alpha value is -1.23. The normalized spacial score (nSPS) is 49.0. The van der Waals surface area contributed by atoms with Crippen molar-refractivity contribution < 1.29 is 24.2 Å². The highest BCUT2D eigenvalue weighted by Gasteiger charge is 2.77. The SMILES string of the molecule is CC1(CC(=O)O)C(C=O)C1(C=O)OC1CC2CCC1C2. The highest BCUT2D eigenvalue weighted by molar-refractivity contribution is 5.86. The highest BCUT2D eigenvalue weighted by Crippen LogP contribution is 2.66. The monoisotopic (exact) mass is 280 g/mol. The molecular weight excluding hydrogens is 260 g/mol. The smallest absolute Gasteiger partial charge is 0.304 e. The second-order valence-corrected chi connectivity index (χ2v) is 6.84. The van der Waals surface area contributed by atoms with Crippen LogP contribution in [0.4, 0.5) is 0 Å². The average molecular weight is 280 g/mol. The molecule has 3 rings (SSSR count). The summed E-state index contributed by atoms with van der Waals surface area (Å²) in [7, 11) is 0. The van der Waals surface area contributed by atoms with E-state index in [0.717, 1.165) is 19.3 Å². The van der Waals surface area contributed by atoms with Gasteiger partial charge in [-0.15, -0.1) is 0 Å². The number of hydrogen-bond acceptors (Lipinski definition) is 4. The first-order valence-corrected chi connectivity index (χ1v) is 7.28. The van der Waals surface area contributed by atoms with E-state index in [1.54, 1.807) is 6.92 Å². The van der Waals surface area contributed by atoms with Crippen LogP contribution in [0.5, 0.6) is 0 Å². The Bertz CT molecular complexity index is 461. The largest absolute Gasteiger partial charge is 0.481 e. The number of fused-ring (bicyclic) bond motifs is 2. The molecule has 0 heterocycles. The summed E-state index contributed by atoms with van der Waals surface area (Å²) in [5.74, 6) is -0.492. The van der Waals surface area contributed by atoms with Gasteiger partial charge in [0.2, 0.25) is 0 Å². The molecule has 110 valence electrons. The third-order valence-electron chi connectivity index (χ3n) is 5.81. The van der Waals surface area contributed by atoms with E-state index in [4.69, 9.17) is 9.84 Å². The number of carbonyl (C=O) groups is 3. The van der Waals surface area contributed by atoms with E-state index in [0.29, 0.717) is 24.4 Å². The minimum Gasteiger partial charge on any atom is -0.481 e. The van der Waals surface area contributed by atoms with Gasteiger partial charge in [0.05, 0.1) is 18.4 Å². The minimum atomic E-state index is -1.22. The molecular formula is C15H20O5. The first kappa shape index (κ1) is 13.7. The number of aliphatic carboxylic acids is 1. The summed E-state index contributed by atoms with van der Waals surface area (Å²) >= 11 is 0. The van der Waals surface area contributed by atoms with E-state index in [9.17, 15) is 14.4 Å². The standard InChI is InChI=1S/C15H20O5/c1-14(6-13(18)19)12(7-16)15(14,8-17)20-11-5-9-2-3-10(11)4-9/h7-12H,2-6H2,1H3,(H,18,19). The molecule has 0 aromatic heterocycles. The summed E-state index contributed by atoms with van der Waals surface area (Å²) in [4.78, 5) is 33.8. The number of hydrogen-bond donors (Lipinski definition) is 1. The minimum absolute atomic E-state index is 0.0111. The van der Waals surface area contributed by atoms with Crippen LogP contribution in [0.2, 0.25) is 0 Å². The van der Waals surface area contributed by atoms with Gasteiger partial charge in [-0.1, -0.05) is 6.92 Å². The van der Waals surface area contributed by atoms with E-state index in [2.05, 4.69) is 0 Å². The molecule has 0 radical (unpaired) electrons. The van der Waals surface area contributed by atoms with Crippen LogP contribution in [0.1, 0.15) is 39.0 Å². The van der Waals surface area contributed by atoms with Gasteiger partial charge in [0, 0.05) is 5.41 Å². The van der Waals surface area contributed by atoms with Gasteiger partial charge in [-0.2, -0.15) is 0 Å². The molecule has 1 N–H and O–H groups in total. The average Bonchev–Trinajstić information content (AvgIpc) is 2.81. The summed E-state index contributed by atoms with van der Waals surface area (Å²) in [5.41, 5.74) is -2.12. The van der Waals surface area contributed by atoms with Gasteiger partial charge in [0.1, 0.15) is 11.9 Å². The molecule has 3 aliphatic rings. The van der Waals surface area contributed by atoms with Gasteiger partial charge in [0.25, 0.3) is 0 Å².